The Bertz CT molecular complexity index is 1770. The first-order valence-corrected chi connectivity index (χ1v) is 17.7. The van der Waals surface area contributed by atoms with E-state index >= 15 is 0 Å². The number of allylic oxidation sites excluding steroid dienone is 4. The summed E-state index contributed by atoms with van der Waals surface area (Å²) in [5.74, 6) is 0. The molecule has 0 aromatic heterocycles. The Labute approximate surface area is 332 Å². The smallest absolute Gasteiger partial charge is 0.109 e. The number of fused-ring (bicyclic) bond motifs is 3. The van der Waals surface area contributed by atoms with Crippen LogP contribution in [0.2, 0.25) is 0 Å². The summed E-state index contributed by atoms with van der Waals surface area (Å²) >= 11 is 0.898. The predicted molar refractivity (Wildman–Crippen MR) is 188 cm³/mol. The van der Waals surface area contributed by atoms with Crippen molar-refractivity contribution in [3.63, 3.8) is 0 Å². The van der Waals surface area contributed by atoms with E-state index < -0.39 is 23.5 Å². The maximum atomic E-state index is 12.5. The van der Waals surface area contributed by atoms with Gasteiger partial charge in [0, 0.05) is 0 Å². The molecule has 0 spiro atoms. The van der Waals surface area contributed by atoms with Gasteiger partial charge in [-0.15, -0.1) is 23.1 Å². The zero-order valence-corrected chi connectivity index (χ0v) is 34.5. The van der Waals surface area contributed by atoms with Crippen LogP contribution >= 0.6 is 0 Å². The van der Waals surface area contributed by atoms with Crippen molar-refractivity contribution in [3.8, 4) is 11.1 Å². The summed E-state index contributed by atoms with van der Waals surface area (Å²) in [6.07, 6.45) is 2.21. The van der Waals surface area contributed by atoms with Gasteiger partial charge in [-0.1, -0.05) is 71.6 Å². The van der Waals surface area contributed by atoms with Gasteiger partial charge in [-0.05, 0) is 35.4 Å². The van der Waals surface area contributed by atoms with E-state index in [4.69, 9.17) is 0 Å². The van der Waals surface area contributed by atoms with E-state index in [1.54, 1.807) is 0 Å². The number of benzene rings is 4. The molecule has 6 rings (SSSR count). The third kappa shape index (κ3) is 11.4. The molecule has 0 saturated carbocycles. The average molecular weight is 835 g/mol. The van der Waals surface area contributed by atoms with Crippen molar-refractivity contribution < 1.29 is 75.4 Å². The summed E-state index contributed by atoms with van der Waals surface area (Å²) in [7, 11) is 0. The van der Waals surface area contributed by atoms with Crippen LogP contribution in [0.5, 0.6) is 0 Å². The molecule has 0 N–H and O–H groups in total. The van der Waals surface area contributed by atoms with E-state index in [2.05, 4.69) is 91.8 Å². The number of hydrogen-bond donors (Lipinski definition) is 0. The maximum Gasteiger partial charge on any atom is -0.109 e. The molecule has 0 unspecified atom stereocenters. The molecule has 0 aliphatic heterocycles. The quantitative estimate of drug-likeness (QED) is 0.142. The fourth-order valence-corrected chi connectivity index (χ4v) is 7.00. The Kier molecular flexibility index (Phi) is 15.4. The van der Waals surface area contributed by atoms with Crippen LogP contribution in [0.3, 0.4) is 0 Å². The first kappa shape index (κ1) is 45.4. The van der Waals surface area contributed by atoms with Gasteiger partial charge in [-0.3, -0.25) is 6.08 Å². The molecule has 52 heavy (non-hydrogen) atoms. The van der Waals surface area contributed by atoms with Gasteiger partial charge in [0.25, 0.3) is 0 Å². The van der Waals surface area contributed by atoms with Crippen LogP contribution in [0.1, 0.15) is 104 Å². The number of alkyl halides is 6. The molecule has 0 nitrogen and oxygen atoms in total. The predicted octanol–water partition coefficient (Wildman–Crippen LogP) is 6.42. The van der Waals surface area contributed by atoms with Crippen LogP contribution < -0.4 is 24.8 Å². The van der Waals surface area contributed by atoms with Crippen molar-refractivity contribution in [2.24, 2.45) is 0 Å². The molecule has 0 atom stereocenters. The van der Waals surface area contributed by atoms with Gasteiger partial charge in [0.1, 0.15) is 0 Å². The second-order valence-corrected chi connectivity index (χ2v) is 16.0. The van der Waals surface area contributed by atoms with E-state index in [9.17, 15) is 26.3 Å². The molecule has 9 heteroatoms. The van der Waals surface area contributed by atoms with Gasteiger partial charge in [0.15, 0.2) is 0 Å². The fraction of sp³-hybridized carbons (Fsp3) is 0.326. The SMILES string of the molecule is Cc1[c-]c2c(cc1C(C)(C)C)-c1cc(C(C)(C)C)c(C)cc1C2.FC(F)(F)c1ccc([C](=[Zr+2])c2ccc(C(F)(F)F)cc2)cc1.[C-]1=CC=CC1.[Cl-].[Cl-]. The molecule has 2 aliphatic rings. The van der Waals surface area contributed by atoms with Crippen LogP contribution in [0, 0.1) is 26.0 Å². The van der Waals surface area contributed by atoms with Crippen LogP contribution in [0.15, 0.2) is 85.0 Å². The van der Waals surface area contributed by atoms with E-state index in [0.29, 0.717) is 14.3 Å². The zero-order valence-electron chi connectivity index (χ0n) is 30.5. The van der Waals surface area contributed by atoms with Gasteiger partial charge >= 0.3 is 137 Å². The van der Waals surface area contributed by atoms with Crippen molar-refractivity contribution >= 4 is 3.21 Å². The fourth-order valence-electron chi connectivity index (χ4n) is 6.18. The van der Waals surface area contributed by atoms with E-state index in [-0.39, 0.29) is 35.6 Å². The van der Waals surface area contributed by atoms with Gasteiger partial charge in [0.2, 0.25) is 0 Å². The molecular weight excluding hydrogens is 793 g/mol. The molecule has 4 aromatic carbocycles. The molecular formula is C43H42Cl2F6Zr-2. The molecule has 0 bridgehead atoms. The first-order valence-electron chi connectivity index (χ1n) is 16.4. The van der Waals surface area contributed by atoms with Gasteiger partial charge in [0.05, 0.1) is 0 Å². The third-order valence-electron chi connectivity index (χ3n) is 8.67. The van der Waals surface area contributed by atoms with Crippen molar-refractivity contribution in [1.82, 2.24) is 0 Å². The minimum absolute atomic E-state index is 0. The standard InChI is InChI=1S/C23H29.C15H8F6.C5H5.2ClH.Zr/c1-14-9-16-11-17-10-15(2)21(23(6,7)8)13-19(17)18(16)12-20(14)22(3,4)5;16-14(17,18)12-5-1-10(2-6-12)9-11-3-7-13(8-4-11)15(19,20)21;1-2-4-5-3-1;;;/h9,12-13H,11H2,1-8H3;1-8H;1-3H,4H2;2*1H;/q-1;;-1;;;+2/p-2. The van der Waals surface area contributed by atoms with Crippen molar-refractivity contribution in [2.45, 2.75) is 91.4 Å². The summed E-state index contributed by atoms with van der Waals surface area (Å²) in [6.45, 7) is 18.2. The molecule has 0 amide bonds. The van der Waals surface area contributed by atoms with Crippen LogP contribution in [-0.4, -0.2) is 3.21 Å². The number of halogens is 8. The average Bonchev–Trinajstić information content (AvgIpc) is 3.70. The maximum absolute atomic E-state index is 12.5. The molecule has 276 valence electrons. The van der Waals surface area contributed by atoms with Gasteiger partial charge in [-0.2, -0.15) is 23.8 Å². The van der Waals surface area contributed by atoms with E-state index in [1.807, 2.05) is 12.2 Å². The van der Waals surface area contributed by atoms with E-state index in [1.165, 1.54) is 68.8 Å². The van der Waals surface area contributed by atoms with Gasteiger partial charge in [-0.25, -0.2) is 12.2 Å². The van der Waals surface area contributed by atoms with Crippen molar-refractivity contribution in [3.05, 3.63) is 153 Å². The monoisotopic (exact) mass is 832 g/mol. The Morgan fingerprint density at radius 2 is 1.12 bits per heavy atom. The second kappa shape index (κ2) is 17.6. The van der Waals surface area contributed by atoms with E-state index in [0.717, 1.165) is 61.3 Å². The molecule has 0 heterocycles. The minimum atomic E-state index is -4.41. The van der Waals surface area contributed by atoms with Crippen molar-refractivity contribution in [2.75, 3.05) is 0 Å². The summed E-state index contributed by atoms with van der Waals surface area (Å²) in [5, 5.41) is 0. The first-order chi connectivity index (χ1) is 23.1. The number of hydrogen-bond acceptors (Lipinski definition) is 0. The summed E-state index contributed by atoms with van der Waals surface area (Å²) in [5.41, 5.74) is 11.2. The zero-order chi connectivity index (χ0) is 37.2. The number of aryl methyl sites for hydroxylation is 2. The molecule has 2 aliphatic carbocycles. The largest absolute Gasteiger partial charge is 1.00 e. The van der Waals surface area contributed by atoms with Crippen LogP contribution in [0.4, 0.5) is 26.3 Å². The normalized spacial score (nSPS) is 13.1. The van der Waals surface area contributed by atoms with Gasteiger partial charge < -0.3 is 24.8 Å². The molecule has 0 radical (unpaired) electrons. The Hall–Kier alpha value is -2.73. The van der Waals surface area contributed by atoms with Crippen molar-refractivity contribution in [1.29, 1.82) is 0 Å². The Balaban J connectivity index is 0.000000307. The Morgan fingerprint density at radius 1 is 0.654 bits per heavy atom. The summed E-state index contributed by atoms with van der Waals surface area (Å²) in [6, 6.07) is 20.1. The Morgan fingerprint density at radius 3 is 1.48 bits per heavy atom. The summed E-state index contributed by atoms with van der Waals surface area (Å²) < 4.78 is 75.6. The van der Waals surface area contributed by atoms with Crippen LogP contribution in [-0.2, 0) is 53.8 Å². The minimum Gasteiger partial charge on any atom is -1.00 e. The molecule has 0 fully saturated rings. The summed E-state index contributed by atoms with van der Waals surface area (Å²) in [4.78, 5) is 0. The third-order valence-corrected chi connectivity index (χ3v) is 10.1. The topological polar surface area (TPSA) is 0 Å². The second-order valence-electron chi connectivity index (χ2n) is 14.7. The molecule has 4 aromatic rings. The van der Waals surface area contributed by atoms with Crippen LogP contribution in [0.25, 0.3) is 11.1 Å². The number of rotatable bonds is 2. The molecule has 0 saturated heterocycles.